The van der Waals surface area contributed by atoms with Gasteiger partial charge in [-0.15, -0.1) is 11.3 Å². The minimum Gasteiger partial charge on any atom is -0.455 e. The van der Waals surface area contributed by atoms with Gasteiger partial charge >= 0.3 is 0 Å². The standard InChI is InChI=1S/C59H34N4OS/c1-2-14-36(15-3-1)57-60-58(62-59(61-57)40-27-30-54-48(33-40)43-20-9-11-24-53(43)65-54)39-26-29-50(63-49-22-10-8-19-42(49)46-31-37-16-4-5-17-38(37)34-51(46)63)47(32-39)44-21-12-23-52-55(44)45-28-25-35-13-6-7-18-41(35)56(45)64-52/h1-34H. The van der Waals surface area contributed by atoms with Crippen LogP contribution in [0, 0.1) is 0 Å². The average molecular weight is 847 g/mol. The maximum atomic E-state index is 6.80. The molecule has 5 nitrogen and oxygen atoms in total. The van der Waals surface area contributed by atoms with Crippen LogP contribution in [0.2, 0.25) is 0 Å². The minimum absolute atomic E-state index is 0.598. The normalized spacial score (nSPS) is 12.0. The Kier molecular flexibility index (Phi) is 7.79. The number of furan rings is 1. The van der Waals surface area contributed by atoms with Gasteiger partial charge in [0.05, 0.1) is 16.7 Å². The molecule has 302 valence electrons. The summed E-state index contributed by atoms with van der Waals surface area (Å²) in [4.78, 5) is 15.7. The molecule has 0 atom stereocenters. The molecule has 0 unspecified atom stereocenters. The van der Waals surface area contributed by atoms with E-state index in [1.165, 1.54) is 41.7 Å². The Morgan fingerprint density at radius 2 is 1.03 bits per heavy atom. The van der Waals surface area contributed by atoms with Crippen LogP contribution in [-0.2, 0) is 0 Å². The van der Waals surface area contributed by atoms with Crippen molar-refractivity contribution in [2.45, 2.75) is 0 Å². The topological polar surface area (TPSA) is 56.7 Å². The number of nitrogens with zero attached hydrogens (tertiary/aromatic N) is 4. The van der Waals surface area contributed by atoms with E-state index in [1.807, 2.05) is 29.5 Å². The lowest BCUT2D eigenvalue weighted by atomic mass is 9.95. The summed E-state index contributed by atoms with van der Waals surface area (Å²) >= 11 is 1.81. The van der Waals surface area contributed by atoms with E-state index in [2.05, 4.69) is 193 Å². The lowest BCUT2D eigenvalue weighted by Crippen LogP contribution is -2.02. The predicted molar refractivity (Wildman–Crippen MR) is 271 cm³/mol. The first kappa shape index (κ1) is 36.1. The van der Waals surface area contributed by atoms with E-state index in [4.69, 9.17) is 19.4 Å². The first-order valence-electron chi connectivity index (χ1n) is 21.8. The third-order valence-electron chi connectivity index (χ3n) is 13.0. The number of rotatable bonds is 5. The minimum atomic E-state index is 0.598. The molecule has 6 heteroatoms. The highest BCUT2D eigenvalue weighted by Crippen LogP contribution is 2.45. The molecular weight excluding hydrogens is 813 g/mol. The van der Waals surface area contributed by atoms with Crippen LogP contribution < -0.4 is 0 Å². The SMILES string of the molecule is c1ccc(-c2nc(-c3ccc(-n4c5ccccc5c5cc6ccccc6cc54)c(-c4cccc5oc6c7ccccc7ccc6c45)c3)nc(-c3ccc4sc5ccccc5c4c3)n2)cc1. The van der Waals surface area contributed by atoms with E-state index >= 15 is 0 Å². The molecule has 0 fully saturated rings. The van der Waals surface area contributed by atoms with Gasteiger partial charge in [0.2, 0.25) is 0 Å². The van der Waals surface area contributed by atoms with Gasteiger partial charge < -0.3 is 8.98 Å². The molecule has 4 aromatic heterocycles. The molecule has 65 heavy (non-hydrogen) atoms. The molecule has 0 saturated heterocycles. The molecule has 0 bridgehead atoms. The van der Waals surface area contributed by atoms with Gasteiger partial charge in [0, 0.05) is 69.4 Å². The third-order valence-corrected chi connectivity index (χ3v) is 14.2. The zero-order chi connectivity index (χ0) is 42.6. The average Bonchev–Trinajstić information content (AvgIpc) is 4.05. The van der Waals surface area contributed by atoms with Crippen LogP contribution in [0.3, 0.4) is 0 Å². The van der Waals surface area contributed by atoms with Gasteiger partial charge in [-0.3, -0.25) is 0 Å². The van der Waals surface area contributed by atoms with E-state index < -0.39 is 0 Å². The smallest absolute Gasteiger partial charge is 0.164 e. The van der Waals surface area contributed by atoms with Crippen molar-refractivity contribution in [3.05, 3.63) is 206 Å². The largest absolute Gasteiger partial charge is 0.455 e. The molecule has 14 aromatic rings. The van der Waals surface area contributed by atoms with E-state index in [0.29, 0.717) is 17.5 Å². The lowest BCUT2D eigenvalue weighted by Gasteiger charge is -2.17. The van der Waals surface area contributed by atoms with Gasteiger partial charge in [-0.1, -0.05) is 133 Å². The van der Waals surface area contributed by atoms with Crippen molar-refractivity contribution < 1.29 is 4.42 Å². The monoisotopic (exact) mass is 846 g/mol. The Hall–Kier alpha value is -8.45. The van der Waals surface area contributed by atoms with Crippen LogP contribution in [0.4, 0.5) is 0 Å². The second-order valence-corrected chi connectivity index (χ2v) is 17.8. The second-order valence-electron chi connectivity index (χ2n) is 16.7. The van der Waals surface area contributed by atoms with Gasteiger partial charge in [0.1, 0.15) is 11.2 Å². The number of thiophene rings is 1. The molecule has 0 N–H and O–H groups in total. The van der Waals surface area contributed by atoms with Gasteiger partial charge in [-0.2, -0.15) is 0 Å². The number of hydrogen-bond acceptors (Lipinski definition) is 5. The zero-order valence-corrected chi connectivity index (χ0v) is 35.6. The van der Waals surface area contributed by atoms with E-state index in [0.717, 1.165) is 77.2 Å². The predicted octanol–water partition coefficient (Wildman–Crippen LogP) is 16.2. The summed E-state index contributed by atoms with van der Waals surface area (Å²) in [5.74, 6) is 1.84. The van der Waals surface area contributed by atoms with Crippen molar-refractivity contribution in [2.75, 3.05) is 0 Å². The summed E-state index contributed by atoms with van der Waals surface area (Å²) in [6.45, 7) is 0. The summed E-state index contributed by atoms with van der Waals surface area (Å²) in [5.41, 5.74) is 9.89. The highest BCUT2D eigenvalue weighted by Gasteiger charge is 2.23. The van der Waals surface area contributed by atoms with E-state index in [-0.39, 0.29) is 0 Å². The lowest BCUT2D eigenvalue weighted by molar-refractivity contribution is 0.673. The van der Waals surface area contributed by atoms with Gasteiger partial charge in [-0.05, 0) is 94.5 Å². The van der Waals surface area contributed by atoms with Crippen LogP contribution in [0.5, 0.6) is 0 Å². The highest BCUT2D eigenvalue weighted by atomic mass is 32.1. The first-order chi connectivity index (χ1) is 32.2. The highest BCUT2D eigenvalue weighted by molar-refractivity contribution is 7.25. The Balaban J connectivity index is 1.06. The van der Waals surface area contributed by atoms with Gasteiger partial charge in [0.15, 0.2) is 17.5 Å². The summed E-state index contributed by atoms with van der Waals surface area (Å²) < 4.78 is 11.7. The Morgan fingerprint density at radius 1 is 0.369 bits per heavy atom. The molecule has 0 spiro atoms. The van der Waals surface area contributed by atoms with Crippen molar-refractivity contribution in [3.8, 4) is 51.0 Å². The molecule has 0 amide bonds. The van der Waals surface area contributed by atoms with Crippen molar-refractivity contribution in [1.82, 2.24) is 19.5 Å². The summed E-state index contributed by atoms with van der Waals surface area (Å²) in [7, 11) is 0. The summed E-state index contributed by atoms with van der Waals surface area (Å²) in [6, 6.07) is 73.4. The van der Waals surface area contributed by atoms with E-state index in [9.17, 15) is 0 Å². The molecule has 0 aliphatic carbocycles. The van der Waals surface area contributed by atoms with E-state index in [1.54, 1.807) is 0 Å². The Labute approximate surface area is 376 Å². The van der Waals surface area contributed by atoms with Crippen molar-refractivity contribution in [1.29, 1.82) is 0 Å². The molecule has 10 aromatic carbocycles. The summed E-state index contributed by atoms with van der Waals surface area (Å²) in [6.07, 6.45) is 0. The van der Waals surface area contributed by atoms with Crippen LogP contribution >= 0.6 is 11.3 Å². The second kappa shape index (κ2) is 14.0. The quantitative estimate of drug-likeness (QED) is 0.173. The van der Waals surface area contributed by atoms with Crippen LogP contribution in [0.15, 0.2) is 211 Å². The molecule has 0 aliphatic rings. The molecule has 14 rings (SSSR count). The molecule has 4 heterocycles. The van der Waals surface area contributed by atoms with Crippen molar-refractivity contribution in [3.63, 3.8) is 0 Å². The van der Waals surface area contributed by atoms with Gasteiger partial charge in [0.25, 0.3) is 0 Å². The molecule has 0 saturated carbocycles. The molecule has 0 radical (unpaired) electrons. The molecule has 0 aliphatic heterocycles. The van der Waals surface area contributed by atoms with Crippen molar-refractivity contribution in [2.24, 2.45) is 0 Å². The molecular formula is C59H34N4OS. The first-order valence-corrected chi connectivity index (χ1v) is 22.7. The van der Waals surface area contributed by atoms with Crippen molar-refractivity contribution >= 4 is 96.8 Å². The van der Waals surface area contributed by atoms with Gasteiger partial charge in [-0.25, -0.2) is 15.0 Å². The number of aromatic nitrogens is 4. The van der Waals surface area contributed by atoms with Crippen LogP contribution in [0.1, 0.15) is 0 Å². The number of para-hydroxylation sites is 1. The number of fused-ring (bicyclic) bond motifs is 12. The maximum absolute atomic E-state index is 6.80. The zero-order valence-electron chi connectivity index (χ0n) is 34.7. The maximum Gasteiger partial charge on any atom is 0.164 e. The number of hydrogen-bond donors (Lipinski definition) is 0. The number of benzene rings is 10. The fraction of sp³-hybridized carbons (Fsp3) is 0. The Bertz CT molecular complexity index is 4260. The van der Waals surface area contributed by atoms with Crippen LogP contribution in [-0.4, -0.2) is 19.5 Å². The van der Waals surface area contributed by atoms with Crippen LogP contribution in [0.25, 0.3) is 136 Å². The fourth-order valence-corrected chi connectivity index (χ4v) is 11.1. The Morgan fingerprint density at radius 3 is 1.88 bits per heavy atom. The summed E-state index contributed by atoms with van der Waals surface area (Å²) in [5, 5.41) is 11.6. The fourth-order valence-electron chi connectivity index (χ4n) is 9.99. The third kappa shape index (κ3) is 5.61.